The molecule has 1 aliphatic heterocycles. The van der Waals surface area contributed by atoms with E-state index in [1.165, 1.54) is 0 Å². The van der Waals surface area contributed by atoms with Crippen LogP contribution in [0.15, 0.2) is 78.4 Å². The number of carbonyl (C=O) groups excluding carboxylic acids is 1. The summed E-state index contributed by atoms with van der Waals surface area (Å²) in [5.74, 6) is 1.15. The van der Waals surface area contributed by atoms with E-state index in [0.717, 1.165) is 16.7 Å². The molecule has 0 bridgehead atoms. The Morgan fingerprint density at radius 3 is 2.36 bits per heavy atom. The van der Waals surface area contributed by atoms with Crippen LogP contribution in [-0.4, -0.2) is 10.9 Å². The van der Waals surface area contributed by atoms with Crippen LogP contribution in [0.5, 0.6) is 11.5 Å². The largest absolute Gasteiger partial charge is 0.508 e. The molecular weight excluding hydrogens is 312 g/mol. The van der Waals surface area contributed by atoms with Crippen molar-refractivity contribution in [2.45, 2.75) is 5.92 Å². The van der Waals surface area contributed by atoms with E-state index in [-0.39, 0.29) is 17.5 Å². The van der Waals surface area contributed by atoms with E-state index in [0.29, 0.717) is 22.6 Å². The number of carbonyl (C=O) groups is 1. The molecule has 0 amide bonds. The minimum Gasteiger partial charge on any atom is -0.508 e. The van der Waals surface area contributed by atoms with Crippen LogP contribution in [0.3, 0.4) is 0 Å². The maximum absolute atomic E-state index is 13.1. The fourth-order valence-corrected chi connectivity index (χ4v) is 3.75. The van der Waals surface area contributed by atoms with Crippen molar-refractivity contribution in [1.29, 1.82) is 0 Å². The van der Waals surface area contributed by atoms with Crippen LogP contribution in [0.4, 0.5) is 0 Å². The predicted octanol–water partition coefficient (Wildman–Crippen LogP) is 4.52. The summed E-state index contributed by atoms with van der Waals surface area (Å²) in [5.41, 5.74) is 4.09. The minimum absolute atomic E-state index is 0.0122. The first-order valence-electron chi connectivity index (χ1n) is 8.18. The van der Waals surface area contributed by atoms with Crippen molar-refractivity contribution in [2.24, 2.45) is 0 Å². The summed E-state index contributed by atoms with van der Waals surface area (Å²) in [6.07, 6.45) is 0. The van der Waals surface area contributed by atoms with Gasteiger partial charge in [0.05, 0.1) is 5.57 Å². The molecule has 1 aliphatic carbocycles. The van der Waals surface area contributed by atoms with Crippen molar-refractivity contribution in [3.63, 3.8) is 0 Å². The second-order valence-corrected chi connectivity index (χ2v) is 6.29. The van der Waals surface area contributed by atoms with Crippen LogP contribution in [0.1, 0.15) is 33.0 Å². The van der Waals surface area contributed by atoms with Crippen LogP contribution < -0.4 is 4.74 Å². The van der Waals surface area contributed by atoms with E-state index in [1.807, 2.05) is 60.7 Å². The Bertz CT molecular complexity index is 1050. The van der Waals surface area contributed by atoms with E-state index in [2.05, 4.69) is 0 Å². The summed E-state index contributed by atoms with van der Waals surface area (Å²) in [4.78, 5) is 13.1. The summed E-state index contributed by atoms with van der Waals surface area (Å²) in [7, 11) is 0. The Hall–Kier alpha value is -3.33. The molecule has 0 fully saturated rings. The third-order valence-corrected chi connectivity index (χ3v) is 4.85. The number of benzene rings is 3. The fraction of sp³-hybridized carbons (Fsp3) is 0.0455. The number of hydrogen-bond donors (Lipinski definition) is 1. The van der Waals surface area contributed by atoms with Crippen LogP contribution >= 0.6 is 0 Å². The molecule has 1 unspecified atom stereocenters. The van der Waals surface area contributed by atoms with E-state index >= 15 is 0 Å². The number of phenolic OH excluding ortho intramolecular Hbond substituents is 1. The normalized spacial score (nSPS) is 17.6. The summed E-state index contributed by atoms with van der Waals surface area (Å²) < 4.78 is 6.08. The minimum atomic E-state index is -0.208. The number of fused-ring (bicyclic) bond motifs is 3. The van der Waals surface area contributed by atoms with Crippen molar-refractivity contribution >= 4 is 11.5 Å². The zero-order chi connectivity index (χ0) is 17.0. The number of ketones is 1. The van der Waals surface area contributed by atoms with Crippen molar-refractivity contribution in [1.82, 2.24) is 0 Å². The topological polar surface area (TPSA) is 46.5 Å². The highest BCUT2D eigenvalue weighted by molar-refractivity contribution is 6.21. The molecule has 1 atom stereocenters. The monoisotopic (exact) mass is 326 g/mol. The van der Waals surface area contributed by atoms with Gasteiger partial charge in [-0.05, 0) is 11.6 Å². The third-order valence-electron chi connectivity index (χ3n) is 4.85. The molecule has 0 radical (unpaired) electrons. The lowest BCUT2D eigenvalue weighted by molar-refractivity contribution is 0.103. The van der Waals surface area contributed by atoms with E-state index in [4.69, 9.17) is 4.74 Å². The van der Waals surface area contributed by atoms with E-state index in [1.54, 1.807) is 12.1 Å². The highest BCUT2D eigenvalue weighted by Gasteiger charge is 2.41. The van der Waals surface area contributed by atoms with Crippen molar-refractivity contribution in [3.05, 3.63) is 101 Å². The smallest absolute Gasteiger partial charge is 0.194 e. The van der Waals surface area contributed by atoms with Gasteiger partial charge < -0.3 is 9.84 Å². The lowest BCUT2D eigenvalue weighted by atomic mass is 9.81. The van der Waals surface area contributed by atoms with Gasteiger partial charge in [-0.1, -0.05) is 60.7 Å². The van der Waals surface area contributed by atoms with Gasteiger partial charge in [0.1, 0.15) is 17.3 Å². The Balaban J connectivity index is 1.80. The molecule has 5 rings (SSSR count). The number of Topliss-reactive ketones (excluding diaryl/α,β-unsaturated/α-hetero) is 1. The molecule has 0 saturated carbocycles. The maximum atomic E-state index is 13.1. The maximum Gasteiger partial charge on any atom is 0.194 e. The highest BCUT2D eigenvalue weighted by atomic mass is 16.5. The van der Waals surface area contributed by atoms with Crippen molar-refractivity contribution < 1.29 is 14.6 Å². The highest BCUT2D eigenvalue weighted by Crippen LogP contribution is 2.50. The van der Waals surface area contributed by atoms with Crippen LogP contribution in [0.25, 0.3) is 5.76 Å². The quantitative estimate of drug-likeness (QED) is 0.715. The van der Waals surface area contributed by atoms with Gasteiger partial charge in [0.15, 0.2) is 5.78 Å². The standard InChI is InChI=1S/C22H14O3/c23-14-10-11-17-18(12-14)25-22-16-9-5-4-8-15(16)21(24)20(22)19(17)13-6-2-1-3-7-13/h1-12,19,23H. The first-order valence-corrected chi connectivity index (χ1v) is 8.18. The molecule has 3 heteroatoms. The van der Waals surface area contributed by atoms with Crippen molar-refractivity contribution in [3.8, 4) is 11.5 Å². The molecule has 120 valence electrons. The third kappa shape index (κ3) is 1.96. The first-order chi connectivity index (χ1) is 12.2. The summed E-state index contributed by atoms with van der Waals surface area (Å²) in [6, 6.07) is 22.5. The second kappa shape index (κ2) is 5.08. The molecule has 1 N–H and O–H groups in total. The molecule has 0 aromatic heterocycles. The van der Waals surface area contributed by atoms with E-state index in [9.17, 15) is 9.90 Å². The van der Waals surface area contributed by atoms with E-state index < -0.39 is 0 Å². The SMILES string of the molecule is O=C1C2=C(Oc3cc(O)ccc3C2c2ccccc2)c2ccccc21. The number of aromatic hydroxyl groups is 1. The molecule has 3 nitrogen and oxygen atoms in total. The lowest BCUT2D eigenvalue weighted by Crippen LogP contribution is -2.17. The Morgan fingerprint density at radius 2 is 1.56 bits per heavy atom. The summed E-state index contributed by atoms with van der Waals surface area (Å²) in [6.45, 7) is 0. The molecule has 1 heterocycles. The fourth-order valence-electron chi connectivity index (χ4n) is 3.75. The first kappa shape index (κ1) is 14.1. The molecule has 0 saturated heterocycles. The van der Waals surface area contributed by atoms with Gasteiger partial charge in [-0.15, -0.1) is 0 Å². The molecule has 25 heavy (non-hydrogen) atoms. The van der Waals surface area contributed by atoms with Crippen LogP contribution in [0.2, 0.25) is 0 Å². The second-order valence-electron chi connectivity index (χ2n) is 6.29. The Labute approximate surface area is 144 Å². The van der Waals surface area contributed by atoms with Gasteiger partial charge in [-0.2, -0.15) is 0 Å². The van der Waals surface area contributed by atoms with Gasteiger partial charge in [-0.25, -0.2) is 0 Å². The van der Waals surface area contributed by atoms with Gasteiger partial charge in [-0.3, -0.25) is 4.79 Å². The lowest BCUT2D eigenvalue weighted by Gasteiger charge is -2.27. The number of rotatable bonds is 1. The zero-order valence-electron chi connectivity index (χ0n) is 13.3. The average molecular weight is 326 g/mol. The molecule has 3 aromatic carbocycles. The molecular formula is C22H14O3. The summed E-state index contributed by atoms with van der Waals surface area (Å²) in [5, 5.41) is 9.87. The molecule has 2 aliphatic rings. The predicted molar refractivity (Wildman–Crippen MR) is 94.7 cm³/mol. The zero-order valence-corrected chi connectivity index (χ0v) is 13.3. The summed E-state index contributed by atoms with van der Waals surface area (Å²) >= 11 is 0. The number of phenols is 1. The van der Waals surface area contributed by atoms with Gasteiger partial charge >= 0.3 is 0 Å². The van der Waals surface area contributed by atoms with Crippen LogP contribution in [0, 0.1) is 0 Å². The van der Waals surface area contributed by atoms with Gasteiger partial charge in [0, 0.05) is 28.7 Å². The number of allylic oxidation sites excluding steroid dienone is 1. The van der Waals surface area contributed by atoms with Gasteiger partial charge in [0.25, 0.3) is 0 Å². The average Bonchev–Trinajstić information content (AvgIpc) is 2.93. The van der Waals surface area contributed by atoms with Crippen LogP contribution in [-0.2, 0) is 0 Å². The van der Waals surface area contributed by atoms with Gasteiger partial charge in [0.2, 0.25) is 0 Å². The van der Waals surface area contributed by atoms with Crippen molar-refractivity contribution in [2.75, 3.05) is 0 Å². The molecule has 0 spiro atoms. The number of hydrogen-bond acceptors (Lipinski definition) is 3. The Morgan fingerprint density at radius 1 is 0.840 bits per heavy atom. The number of ether oxygens (including phenoxy) is 1. The molecule has 3 aromatic rings. The Kier molecular flexibility index (Phi) is 2.86.